The van der Waals surface area contributed by atoms with Gasteiger partial charge in [-0.2, -0.15) is 5.26 Å². The lowest BCUT2D eigenvalue weighted by molar-refractivity contribution is 0.305. The Hall–Kier alpha value is -1.01. The van der Waals surface area contributed by atoms with Crippen molar-refractivity contribution in [2.24, 2.45) is 0 Å². The summed E-state index contributed by atoms with van der Waals surface area (Å²) < 4.78 is 5.62. The van der Waals surface area contributed by atoms with Gasteiger partial charge in [0.2, 0.25) is 0 Å². The molecule has 0 aliphatic carbocycles. The molecule has 0 unspecified atom stereocenters. The van der Waals surface area contributed by atoms with Crippen molar-refractivity contribution in [3.63, 3.8) is 0 Å². The molecule has 1 aromatic rings. The summed E-state index contributed by atoms with van der Waals surface area (Å²) in [6.45, 7) is 0.778. The maximum absolute atomic E-state index is 8.55. The van der Waals surface area contributed by atoms with Gasteiger partial charge in [0.15, 0.2) is 0 Å². The van der Waals surface area contributed by atoms with Crippen LogP contribution in [0.4, 0.5) is 0 Å². The van der Waals surface area contributed by atoms with Gasteiger partial charge in [0.25, 0.3) is 0 Å². The molecule has 92 valence electrons. The van der Waals surface area contributed by atoms with Crippen LogP contribution in [0.5, 0.6) is 5.75 Å². The number of halogens is 1. The lowest BCUT2D eigenvalue weighted by atomic mass is 10.2. The van der Waals surface area contributed by atoms with Gasteiger partial charge in [-0.25, -0.2) is 0 Å². The molecule has 0 fully saturated rings. The van der Waals surface area contributed by atoms with Gasteiger partial charge in [-0.1, -0.05) is 40.9 Å². The Morgan fingerprint density at radius 1 is 1.06 bits per heavy atom. The first-order valence-corrected chi connectivity index (χ1v) is 7.13. The highest BCUT2D eigenvalue weighted by Gasteiger charge is 1.95. The molecule has 0 radical (unpaired) electrons. The average Bonchev–Trinajstić information content (AvgIpc) is 2.36. The van der Waals surface area contributed by atoms with Crippen LogP contribution in [0.3, 0.4) is 0 Å². The molecule has 0 saturated carbocycles. The molecule has 0 spiro atoms. The largest absolute Gasteiger partial charge is 0.494 e. The second-order valence-electron chi connectivity index (χ2n) is 3.93. The number of hydrogen-bond acceptors (Lipinski definition) is 2. The quantitative estimate of drug-likeness (QED) is 0.535. The molecular weight excluding hydrogens is 278 g/mol. The van der Waals surface area contributed by atoms with E-state index >= 15 is 0 Å². The normalized spacial score (nSPS) is 9.88. The molecule has 0 aromatic heterocycles. The van der Waals surface area contributed by atoms with Crippen LogP contribution in [0.15, 0.2) is 24.3 Å². The van der Waals surface area contributed by atoms with Gasteiger partial charge < -0.3 is 4.74 Å². The Bertz CT molecular complexity index is 342. The van der Waals surface area contributed by atoms with Crippen LogP contribution in [0, 0.1) is 11.3 Å². The van der Waals surface area contributed by atoms with Gasteiger partial charge in [0, 0.05) is 5.33 Å². The first kappa shape index (κ1) is 14.1. The molecule has 3 heteroatoms. The molecule has 0 saturated heterocycles. The summed E-state index contributed by atoms with van der Waals surface area (Å²) in [5.74, 6) is 0.896. The van der Waals surface area contributed by atoms with E-state index in [0.29, 0.717) is 6.42 Å². The summed E-state index contributed by atoms with van der Waals surface area (Å²) in [7, 11) is 0. The van der Waals surface area contributed by atoms with E-state index in [0.717, 1.165) is 29.7 Å². The van der Waals surface area contributed by atoms with E-state index in [1.165, 1.54) is 19.3 Å². The second kappa shape index (κ2) is 9.07. The number of hydrogen-bond donors (Lipinski definition) is 0. The lowest BCUT2D eigenvalue weighted by Gasteiger charge is -2.06. The molecule has 0 aliphatic rings. The third kappa shape index (κ3) is 6.33. The summed E-state index contributed by atoms with van der Waals surface area (Å²) in [5, 5.41) is 9.64. The van der Waals surface area contributed by atoms with E-state index in [1.807, 2.05) is 24.3 Å². The highest BCUT2D eigenvalue weighted by molar-refractivity contribution is 9.09. The number of ether oxygens (including phenoxy) is 1. The Kier molecular flexibility index (Phi) is 7.49. The molecule has 2 nitrogen and oxygen atoms in total. The van der Waals surface area contributed by atoms with E-state index < -0.39 is 0 Å². The van der Waals surface area contributed by atoms with Gasteiger partial charge in [0.05, 0.1) is 19.1 Å². The Morgan fingerprint density at radius 3 is 2.41 bits per heavy atom. The highest BCUT2D eigenvalue weighted by Crippen LogP contribution is 2.13. The minimum absolute atomic E-state index is 0.465. The molecule has 1 rings (SSSR count). The zero-order chi connectivity index (χ0) is 12.3. The van der Waals surface area contributed by atoms with Crippen LogP contribution < -0.4 is 4.74 Å². The van der Waals surface area contributed by atoms with Crippen molar-refractivity contribution in [2.75, 3.05) is 11.9 Å². The van der Waals surface area contributed by atoms with Crippen molar-refractivity contribution in [3.05, 3.63) is 29.8 Å². The molecule has 0 atom stereocenters. The van der Waals surface area contributed by atoms with Gasteiger partial charge >= 0.3 is 0 Å². The molecular formula is C14H18BrNO. The Balaban J connectivity index is 2.17. The molecule has 1 aromatic carbocycles. The number of alkyl halides is 1. The summed E-state index contributed by atoms with van der Waals surface area (Å²) >= 11 is 3.42. The maximum atomic E-state index is 8.55. The first-order chi connectivity index (χ1) is 8.36. The summed E-state index contributed by atoms with van der Waals surface area (Å²) in [5.41, 5.74) is 1.04. The van der Waals surface area contributed by atoms with Crippen LogP contribution in [0.2, 0.25) is 0 Å². The monoisotopic (exact) mass is 295 g/mol. The maximum Gasteiger partial charge on any atom is 0.119 e. The summed E-state index contributed by atoms with van der Waals surface area (Å²) in [4.78, 5) is 0. The van der Waals surface area contributed by atoms with Gasteiger partial charge in [-0.3, -0.25) is 0 Å². The van der Waals surface area contributed by atoms with E-state index in [-0.39, 0.29) is 0 Å². The fraction of sp³-hybridized carbons (Fsp3) is 0.500. The lowest BCUT2D eigenvalue weighted by Crippen LogP contribution is -1.97. The van der Waals surface area contributed by atoms with Crippen molar-refractivity contribution < 1.29 is 4.74 Å². The Labute approximate surface area is 112 Å². The van der Waals surface area contributed by atoms with Crippen molar-refractivity contribution in [3.8, 4) is 11.8 Å². The van der Waals surface area contributed by atoms with Gasteiger partial charge in [0.1, 0.15) is 5.75 Å². The van der Waals surface area contributed by atoms with Crippen LogP contribution in [0.25, 0.3) is 0 Å². The average molecular weight is 296 g/mol. The van der Waals surface area contributed by atoms with E-state index in [9.17, 15) is 0 Å². The molecule has 0 amide bonds. The third-order valence-electron chi connectivity index (χ3n) is 2.50. The molecule has 0 aliphatic heterocycles. The standard InChI is InChI=1S/C14H18BrNO/c15-10-3-1-2-4-12-17-14-7-5-13(6-8-14)9-11-16/h5-8H,1-4,9-10,12H2. The van der Waals surface area contributed by atoms with E-state index in [2.05, 4.69) is 22.0 Å². The Morgan fingerprint density at radius 2 is 1.76 bits per heavy atom. The van der Waals surface area contributed by atoms with E-state index in [4.69, 9.17) is 10.00 Å². The number of rotatable bonds is 8. The van der Waals surface area contributed by atoms with Crippen LogP contribution >= 0.6 is 15.9 Å². The van der Waals surface area contributed by atoms with E-state index in [1.54, 1.807) is 0 Å². The van der Waals surface area contributed by atoms with Crippen molar-refractivity contribution in [2.45, 2.75) is 32.1 Å². The number of benzene rings is 1. The van der Waals surface area contributed by atoms with Crippen LogP contribution in [-0.4, -0.2) is 11.9 Å². The SMILES string of the molecule is N#CCc1ccc(OCCCCCCBr)cc1. The zero-order valence-electron chi connectivity index (χ0n) is 9.99. The fourth-order valence-corrected chi connectivity index (χ4v) is 1.93. The van der Waals surface area contributed by atoms with Crippen molar-refractivity contribution in [1.82, 2.24) is 0 Å². The molecule has 0 heterocycles. The number of unbranched alkanes of at least 4 members (excludes halogenated alkanes) is 3. The molecule has 17 heavy (non-hydrogen) atoms. The minimum Gasteiger partial charge on any atom is -0.494 e. The third-order valence-corrected chi connectivity index (χ3v) is 3.06. The predicted molar refractivity (Wildman–Crippen MR) is 73.5 cm³/mol. The van der Waals surface area contributed by atoms with Crippen molar-refractivity contribution >= 4 is 15.9 Å². The summed E-state index contributed by atoms with van der Waals surface area (Å²) in [6, 6.07) is 9.90. The van der Waals surface area contributed by atoms with Crippen molar-refractivity contribution in [1.29, 1.82) is 5.26 Å². The topological polar surface area (TPSA) is 33.0 Å². The fourth-order valence-electron chi connectivity index (χ4n) is 1.53. The van der Waals surface area contributed by atoms with Crippen LogP contribution in [-0.2, 0) is 6.42 Å². The molecule has 0 N–H and O–H groups in total. The van der Waals surface area contributed by atoms with Gasteiger partial charge in [-0.05, 0) is 30.5 Å². The number of nitrogens with zero attached hydrogens (tertiary/aromatic N) is 1. The summed E-state index contributed by atoms with van der Waals surface area (Å²) in [6.07, 6.45) is 5.29. The predicted octanol–water partition coefficient (Wildman–Crippen LogP) is 4.09. The second-order valence-corrected chi connectivity index (χ2v) is 4.72. The highest BCUT2D eigenvalue weighted by atomic mass is 79.9. The van der Waals surface area contributed by atoms with Crippen LogP contribution in [0.1, 0.15) is 31.2 Å². The smallest absolute Gasteiger partial charge is 0.119 e. The van der Waals surface area contributed by atoms with Gasteiger partial charge in [-0.15, -0.1) is 0 Å². The molecule has 0 bridgehead atoms. The zero-order valence-corrected chi connectivity index (χ0v) is 11.6. The first-order valence-electron chi connectivity index (χ1n) is 6.01. The number of nitriles is 1. The minimum atomic E-state index is 0.465.